The highest BCUT2D eigenvalue weighted by Crippen LogP contribution is 2.18. The Bertz CT molecular complexity index is 509. The fourth-order valence-electron chi connectivity index (χ4n) is 2.98. The van der Waals surface area contributed by atoms with Gasteiger partial charge in [-0.05, 0) is 12.8 Å². The normalized spacial score (nSPS) is 10.8. The summed E-state index contributed by atoms with van der Waals surface area (Å²) in [4.78, 5) is 38.0. The molecule has 0 fully saturated rings. The van der Waals surface area contributed by atoms with E-state index in [1.54, 1.807) is 24.3 Å². The molecule has 0 unspecified atom stereocenters. The fourth-order valence-corrected chi connectivity index (χ4v) is 2.98. The number of unbranched alkanes of at least 4 members (excludes halogenated alkanes) is 6. The van der Waals surface area contributed by atoms with Crippen molar-refractivity contribution < 1.29 is 14.4 Å². The van der Waals surface area contributed by atoms with E-state index >= 15 is 0 Å². The molecule has 0 saturated carbocycles. The third-order valence-corrected chi connectivity index (χ3v) is 4.52. The third kappa shape index (κ3) is 7.76. The summed E-state index contributed by atoms with van der Waals surface area (Å²) in [5.74, 6) is -1.84. The second-order valence-corrected chi connectivity index (χ2v) is 6.72. The summed E-state index contributed by atoms with van der Waals surface area (Å²) >= 11 is 0. The Labute approximate surface area is 152 Å². The molecule has 0 radical (unpaired) electrons. The summed E-state index contributed by atoms with van der Waals surface area (Å²) in [6.07, 6.45) is 8.45. The highest BCUT2D eigenvalue weighted by Gasteiger charge is 2.32. The molecular formula is C22H32O3. The molecule has 3 nitrogen and oxygen atoms in total. The fraction of sp³-hybridized carbons (Fsp3) is 0.591. The smallest absolute Gasteiger partial charge is 0.180 e. The van der Waals surface area contributed by atoms with E-state index in [2.05, 4.69) is 13.8 Å². The van der Waals surface area contributed by atoms with Crippen LogP contribution in [0.3, 0.4) is 0 Å². The maximum absolute atomic E-state index is 12.8. The van der Waals surface area contributed by atoms with Gasteiger partial charge < -0.3 is 0 Å². The molecule has 0 bridgehead atoms. The summed E-state index contributed by atoms with van der Waals surface area (Å²) in [7, 11) is 0. The van der Waals surface area contributed by atoms with Gasteiger partial charge in [-0.1, -0.05) is 82.7 Å². The van der Waals surface area contributed by atoms with Crippen LogP contribution in [-0.2, 0) is 9.59 Å². The first-order valence-corrected chi connectivity index (χ1v) is 9.76. The second-order valence-electron chi connectivity index (χ2n) is 6.72. The zero-order valence-corrected chi connectivity index (χ0v) is 15.8. The minimum atomic E-state index is -1.11. The number of hydrogen-bond acceptors (Lipinski definition) is 3. The minimum Gasteiger partial charge on any atom is -0.298 e. The minimum absolute atomic E-state index is 0.203. The summed E-state index contributed by atoms with van der Waals surface area (Å²) in [5.41, 5.74) is 0.455. The Kier molecular flexibility index (Phi) is 10.7. The molecular weight excluding hydrogens is 312 g/mol. The van der Waals surface area contributed by atoms with Crippen LogP contribution < -0.4 is 0 Å². The molecule has 1 aromatic rings. The van der Waals surface area contributed by atoms with Crippen molar-refractivity contribution in [1.29, 1.82) is 0 Å². The molecule has 0 aromatic heterocycles. The Morgan fingerprint density at radius 3 is 1.64 bits per heavy atom. The summed E-state index contributed by atoms with van der Waals surface area (Å²) in [6, 6.07) is 8.72. The maximum Gasteiger partial charge on any atom is 0.180 e. The lowest BCUT2D eigenvalue weighted by Crippen LogP contribution is -2.32. The Hall–Kier alpha value is -1.77. The van der Waals surface area contributed by atoms with E-state index in [1.807, 2.05) is 6.07 Å². The number of carbonyl (C=O) groups is 3. The van der Waals surface area contributed by atoms with E-state index in [0.29, 0.717) is 18.4 Å². The van der Waals surface area contributed by atoms with Crippen molar-refractivity contribution in [2.24, 2.45) is 5.92 Å². The van der Waals surface area contributed by atoms with Crippen LogP contribution in [0, 0.1) is 5.92 Å². The van der Waals surface area contributed by atoms with Crippen molar-refractivity contribution in [3.8, 4) is 0 Å². The van der Waals surface area contributed by atoms with Crippen LogP contribution in [0.1, 0.15) is 88.4 Å². The van der Waals surface area contributed by atoms with Crippen molar-refractivity contribution >= 4 is 17.3 Å². The van der Waals surface area contributed by atoms with E-state index in [1.165, 1.54) is 0 Å². The quantitative estimate of drug-likeness (QED) is 0.252. The van der Waals surface area contributed by atoms with Gasteiger partial charge in [0.25, 0.3) is 0 Å². The predicted octanol–water partition coefficient (Wildman–Crippen LogP) is 5.56. The van der Waals surface area contributed by atoms with Gasteiger partial charge in [-0.2, -0.15) is 0 Å². The van der Waals surface area contributed by atoms with Crippen LogP contribution in [0.4, 0.5) is 0 Å². The topological polar surface area (TPSA) is 51.2 Å². The number of ketones is 3. The average molecular weight is 344 g/mol. The maximum atomic E-state index is 12.8. The molecule has 138 valence electrons. The molecule has 0 spiro atoms. The van der Waals surface area contributed by atoms with Gasteiger partial charge in [0.15, 0.2) is 17.3 Å². The summed E-state index contributed by atoms with van der Waals surface area (Å²) < 4.78 is 0. The van der Waals surface area contributed by atoms with Gasteiger partial charge in [0.2, 0.25) is 0 Å². The lowest BCUT2D eigenvalue weighted by Gasteiger charge is -2.14. The highest BCUT2D eigenvalue weighted by atomic mass is 16.2. The molecule has 0 aliphatic rings. The average Bonchev–Trinajstić information content (AvgIpc) is 2.63. The molecule has 0 aliphatic heterocycles. The second kappa shape index (κ2) is 12.6. The number of carbonyl (C=O) groups excluding carboxylic acids is 3. The number of benzene rings is 1. The summed E-state index contributed by atoms with van der Waals surface area (Å²) in [6.45, 7) is 4.23. The van der Waals surface area contributed by atoms with Crippen LogP contribution in [-0.4, -0.2) is 17.3 Å². The van der Waals surface area contributed by atoms with Crippen LogP contribution in [0.2, 0.25) is 0 Å². The van der Waals surface area contributed by atoms with Crippen molar-refractivity contribution in [2.75, 3.05) is 0 Å². The zero-order valence-electron chi connectivity index (χ0n) is 15.8. The van der Waals surface area contributed by atoms with E-state index < -0.39 is 5.92 Å². The van der Waals surface area contributed by atoms with Crippen LogP contribution in [0.25, 0.3) is 0 Å². The lowest BCUT2D eigenvalue weighted by atomic mass is 9.85. The predicted molar refractivity (Wildman–Crippen MR) is 102 cm³/mol. The van der Waals surface area contributed by atoms with Crippen molar-refractivity contribution in [1.82, 2.24) is 0 Å². The van der Waals surface area contributed by atoms with E-state index in [-0.39, 0.29) is 17.3 Å². The SMILES string of the molecule is CCCCCCC(=O)C(C(=O)CCCCCC)C(=O)c1ccccc1. The van der Waals surface area contributed by atoms with Gasteiger partial charge >= 0.3 is 0 Å². The molecule has 3 heteroatoms. The van der Waals surface area contributed by atoms with Gasteiger partial charge in [0, 0.05) is 18.4 Å². The first kappa shape index (κ1) is 21.3. The molecule has 0 aliphatic carbocycles. The van der Waals surface area contributed by atoms with Gasteiger partial charge in [0.05, 0.1) is 0 Å². The molecule has 0 heterocycles. The van der Waals surface area contributed by atoms with E-state index in [0.717, 1.165) is 51.4 Å². The Morgan fingerprint density at radius 1 is 0.720 bits per heavy atom. The van der Waals surface area contributed by atoms with E-state index in [9.17, 15) is 14.4 Å². The summed E-state index contributed by atoms with van der Waals surface area (Å²) in [5, 5.41) is 0. The molecule has 1 rings (SSSR count). The Balaban J connectivity index is 2.76. The Morgan fingerprint density at radius 2 is 1.20 bits per heavy atom. The zero-order chi connectivity index (χ0) is 18.5. The van der Waals surface area contributed by atoms with E-state index in [4.69, 9.17) is 0 Å². The largest absolute Gasteiger partial charge is 0.298 e. The van der Waals surface area contributed by atoms with Crippen LogP contribution >= 0.6 is 0 Å². The van der Waals surface area contributed by atoms with Gasteiger partial charge in [-0.3, -0.25) is 14.4 Å². The first-order chi connectivity index (χ1) is 12.1. The van der Waals surface area contributed by atoms with Gasteiger partial charge in [0.1, 0.15) is 5.92 Å². The third-order valence-electron chi connectivity index (χ3n) is 4.52. The molecule has 0 N–H and O–H groups in total. The highest BCUT2D eigenvalue weighted by molar-refractivity contribution is 6.24. The molecule has 0 saturated heterocycles. The van der Waals surface area contributed by atoms with Crippen LogP contribution in [0.15, 0.2) is 30.3 Å². The molecule has 25 heavy (non-hydrogen) atoms. The van der Waals surface area contributed by atoms with Crippen molar-refractivity contribution in [3.63, 3.8) is 0 Å². The van der Waals surface area contributed by atoms with Crippen LogP contribution in [0.5, 0.6) is 0 Å². The standard InChI is InChI=1S/C22H32O3/c1-3-5-7-12-16-19(23)21(20(24)17-13-8-6-4-2)22(25)18-14-10-9-11-15-18/h9-11,14-15,21H,3-8,12-13,16-17H2,1-2H3. The number of rotatable bonds is 14. The first-order valence-electron chi connectivity index (χ1n) is 9.76. The molecule has 0 atom stereocenters. The monoisotopic (exact) mass is 344 g/mol. The van der Waals surface area contributed by atoms with Crippen molar-refractivity contribution in [2.45, 2.75) is 78.1 Å². The van der Waals surface area contributed by atoms with Crippen molar-refractivity contribution in [3.05, 3.63) is 35.9 Å². The molecule has 0 amide bonds. The molecule has 1 aromatic carbocycles. The van der Waals surface area contributed by atoms with Gasteiger partial charge in [-0.15, -0.1) is 0 Å². The lowest BCUT2D eigenvalue weighted by molar-refractivity contribution is -0.130. The number of hydrogen-bond donors (Lipinski definition) is 0. The van der Waals surface area contributed by atoms with Gasteiger partial charge in [-0.25, -0.2) is 0 Å². The number of Topliss-reactive ketones (excluding diaryl/α,β-unsaturated/α-hetero) is 3.